The molecular weight excluding hydrogens is 158 g/mol. The summed E-state index contributed by atoms with van der Waals surface area (Å²) in [5.41, 5.74) is 0.0791. The minimum Gasteiger partial charge on any atom is -0.308 e. The summed E-state index contributed by atoms with van der Waals surface area (Å²) in [5.74, 6) is 1.24. The van der Waals surface area contributed by atoms with Crippen LogP contribution in [0, 0.1) is 5.92 Å². The van der Waals surface area contributed by atoms with Crippen LogP contribution in [0.15, 0.2) is 0 Å². The molecule has 0 saturated heterocycles. The smallest absolute Gasteiger partial charge is 0.0405 e. The summed E-state index contributed by atoms with van der Waals surface area (Å²) in [4.78, 5) is 0. The Morgan fingerprint density at radius 3 is 1.82 bits per heavy atom. The molecule has 0 bridgehead atoms. The number of rotatable bonds is 4. The number of nitrogens with one attached hydrogen (secondary N) is 1. The van der Waals surface area contributed by atoms with Gasteiger partial charge in [-0.25, -0.2) is 0 Å². The molecule has 0 aliphatic heterocycles. The molecule has 2 heteroatoms. The predicted octanol–water partition coefficient (Wildman–Crippen LogP) is 2.64. The molecule has 1 N–H and O–H groups in total. The summed E-state index contributed by atoms with van der Waals surface area (Å²) in [6.45, 7) is 10.8. The molecular formula is C9H20ClN. The number of hydrogen-bond donors (Lipinski definition) is 1. The molecule has 0 rings (SSSR count). The first-order valence-electron chi connectivity index (χ1n) is 4.26. The van der Waals surface area contributed by atoms with E-state index in [1.165, 1.54) is 0 Å². The molecule has 0 fully saturated rings. The van der Waals surface area contributed by atoms with Gasteiger partial charge in [0, 0.05) is 17.5 Å². The van der Waals surface area contributed by atoms with Crippen molar-refractivity contribution < 1.29 is 0 Å². The summed E-state index contributed by atoms with van der Waals surface area (Å²) in [6, 6.07) is 0.501. The third kappa shape index (κ3) is 3.44. The minimum absolute atomic E-state index is 0.0791. The third-order valence-corrected chi connectivity index (χ3v) is 2.73. The molecule has 0 amide bonds. The van der Waals surface area contributed by atoms with Gasteiger partial charge in [0.15, 0.2) is 0 Å². The van der Waals surface area contributed by atoms with Crippen LogP contribution in [-0.2, 0) is 0 Å². The fraction of sp³-hybridized carbons (Fsp3) is 1.00. The molecule has 68 valence electrons. The normalized spacial score (nSPS) is 17.5. The van der Waals surface area contributed by atoms with Crippen LogP contribution < -0.4 is 5.32 Å². The van der Waals surface area contributed by atoms with E-state index >= 15 is 0 Å². The average molecular weight is 178 g/mol. The standard InChI is InChI=1S/C9H20ClN/c1-7(2)9(5,6-10)11-8(3)4/h7-8,11H,6H2,1-5H3. The lowest BCUT2D eigenvalue weighted by Gasteiger charge is -2.35. The highest BCUT2D eigenvalue weighted by Gasteiger charge is 2.27. The van der Waals surface area contributed by atoms with Crippen molar-refractivity contribution in [3.63, 3.8) is 0 Å². The molecule has 1 unspecified atom stereocenters. The second-order valence-corrected chi connectivity index (χ2v) is 4.27. The quantitative estimate of drug-likeness (QED) is 0.652. The van der Waals surface area contributed by atoms with Gasteiger partial charge in [-0.2, -0.15) is 0 Å². The van der Waals surface area contributed by atoms with Gasteiger partial charge < -0.3 is 5.32 Å². The van der Waals surface area contributed by atoms with E-state index in [1.807, 2.05) is 0 Å². The monoisotopic (exact) mass is 177 g/mol. The van der Waals surface area contributed by atoms with E-state index in [0.29, 0.717) is 17.8 Å². The zero-order chi connectivity index (χ0) is 9.07. The molecule has 1 nitrogen and oxygen atoms in total. The first-order valence-corrected chi connectivity index (χ1v) is 4.79. The van der Waals surface area contributed by atoms with Gasteiger partial charge in [-0.05, 0) is 12.8 Å². The van der Waals surface area contributed by atoms with Crippen LogP contribution in [0.2, 0.25) is 0 Å². The lowest BCUT2D eigenvalue weighted by molar-refractivity contribution is 0.271. The van der Waals surface area contributed by atoms with Crippen molar-refractivity contribution in [2.45, 2.75) is 46.2 Å². The van der Waals surface area contributed by atoms with Gasteiger partial charge in [-0.15, -0.1) is 11.6 Å². The van der Waals surface area contributed by atoms with Crippen LogP contribution in [0.5, 0.6) is 0 Å². The van der Waals surface area contributed by atoms with Crippen molar-refractivity contribution in [1.82, 2.24) is 5.32 Å². The average Bonchev–Trinajstić information content (AvgIpc) is 1.86. The van der Waals surface area contributed by atoms with E-state index in [-0.39, 0.29) is 5.54 Å². The molecule has 0 aliphatic rings. The van der Waals surface area contributed by atoms with Crippen molar-refractivity contribution >= 4 is 11.6 Å². The first-order chi connectivity index (χ1) is 4.92. The Morgan fingerprint density at radius 2 is 1.73 bits per heavy atom. The molecule has 0 aromatic carbocycles. The molecule has 1 atom stereocenters. The molecule has 0 aliphatic carbocycles. The molecule has 0 spiro atoms. The van der Waals surface area contributed by atoms with Crippen LogP contribution in [0.3, 0.4) is 0 Å². The van der Waals surface area contributed by atoms with E-state index < -0.39 is 0 Å². The second kappa shape index (κ2) is 4.32. The Morgan fingerprint density at radius 1 is 1.27 bits per heavy atom. The predicted molar refractivity (Wildman–Crippen MR) is 52.2 cm³/mol. The molecule has 11 heavy (non-hydrogen) atoms. The Balaban J connectivity index is 4.10. The van der Waals surface area contributed by atoms with E-state index in [1.54, 1.807) is 0 Å². The zero-order valence-corrected chi connectivity index (χ0v) is 9.00. The fourth-order valence-electron chi connectivity index (χ4n) is 1.02. The first kappa shape index (κ1) is 11.2. The molecule has 0 saturated carbocycles. The Kier molecular flexibility index (Phi) is 4.42. The molecule has 0 heterocycles. The summed E-state index contributed by atoms with van der Waals surface area (Å²) in [7, 11) is 0. The van der Waals surface area contributed by atoms with Crippen LogP contribution >= 0.6 is 11.6 Å². The van der Waals surface area contributed by atoms with Crippen molar-refractivity contribution in [3.8, 4) is 0 Å². The number of halogens is 1. The lowest BCUT2D eigenvalue weighted by atomic mass is 9.90. The van der Waals surface area contributed by atoms with E-state index in [0.717, 1.165) is 0 Å². The summed E-state index contributed by atoms with van der Waals surface area (Å²) >= 11 is 5.89. The van der Waals surface area contributed by atoms with Crippen LogP contribution in [0.1, 0.15) is 34.6 Å². The Labute approximate surface area is 75.5 Å². The molecule has 0 radical (unpaired) electrons. The maximum atomic E-state index is 5.89. The number of alkyl halides is 1. The van der Waals surface area contributed by atoms with E-state index in [9.17, 15) is 0 Å². The summed E-state index contributed by atoms with van der Waals surface area (Å²) in [5, 5.41) is 3.47. The van der Waals surface area contributed by atoms with Gasteiger partial charge >= 0.3 is 0 Å². The highest BCUT2D eigenvalue weighted by atomic mass is 35.5. The lowest BCUT2D eigenvalue weighted by Crippen LogP contribution is -2.51. The SMILES string of the molecule is CC(C)NC(C)(CCl)C(C)C. The van der Waals surface area contributed by atoms with Gasteiger partial charge in [0.05, 0.1) is 0 Å². The fourth-order valence-corrected chi connectivity index (χ4v) is 1.40. The van der Waals surface area contributed by atoms with Crippen LogP contribution in [0.25, 0.3) is 0 Å². The van der Waals surface area contributed by atoms with Crippen molar-refractivity contribution in [2.24, 2.45) is 5.92 Å². The minimum atomic E-state index is 0.0791. The van der Waals surface area contributed by atoms with Gasteiger partial charge in [0.1, 0.15) is 0 Å². The van der Waals surface area contributed by atoms with Crippen LogP contribution in [-0.4, -0.2) is 17.5 Å². The van der Waals surface area contributed by atoms with Gasteiger partial charge in [-0.3, -0.25) is 0 Å². The highest BCUT2D eigenvalue weighted by Crippen LogP contribution is 2.18. The summed E-state index contributed by atoms with van der Waals surface area (Å²) in [6.07, 6.45) is 0. The van der Waals surface area contributed by atoms with E-state index in [2.05, 4.69) is 39.9 Å². The van der Waals surface area contributed by atoms with Crippen LogP contribution in [0.4, 0.5) is 0 Å². The third-order valence-electron chi connectivity index (χ3n) is 2.17. The van der Waals surface area contributed by atoms with Gasteiger partial charge in [0.25, 0.3) is 0 Å². The highest BCUT2D eigenvalue weighted by molar-refractivity contribution is 6.18. The Hall–Kier alpha value is 0.250. The maximum Gasteiger partial charge on any atom is 0.0405 e. The van der Waals surface area contributed by atoms with Gasteiger partial charge in [-0.1, -0.05) is 27.7 Å². The molecule has 0 aromatic heterocycles. The van der Waals surface area contributed by atoms with Crippen molar-refractivity contribution in [2.75, 3.05) is 5.88 Å². The molecule has 0 aromatic rings. The van der Waals surface area contributed by atoms with Crippen molar-refractivity contribution in [3.05, 3.63) is 0 Å². The number of hydrogen-bond acceptors (Lipinski definition) is 1. The zero-order valence-electron chi connectivity index (χ0n) is 8.24. The van der Waals surface area contributed by atoms with Crippen molar-refractivity contribution in [1.29, 1.82) is 0 Å². The second-order valence-electron chi connectivity index (χ2n) is 4.00. The largest absolute Gasteiger partial charge is 0.308 e. The summed E-state index contributed by atoms with van der Waals surface area (Å²) < 4.78 is 0. The topological polar surface area (TPSA) is 12.0 Å². The maximum absolute atomic E-state index is 5.89. The Bertz CT molecular complexity index is 112. The van der Waals surface area contributed by atoms with E-state index in [4.69, 9.17) is 11.6 Å². The van der Waals surface area contributed by atoms with Gasteiger partial charge in [0.2, 0.25) is 0 Å².